The van der Waals surface area contributed by atoms with Crippen molar-refractivity contribution in [1.29, 1.82) is 0 Å². The van der Waals surface area contributed by atoms with E-state index in [2.05, 4.69) is 15.0 Å². The molecule has 0 saturated carbocycles. The molecule has 0 bridgehead atoms. The molecule has 1 heterocycles. The van der Waals surface area contributed by atoms with E-state index in [-0.39, 0.29) is 22.0 Å². The van der Waals surface area contributed by atoms with E-state index < -0.39 is 10.9 Å². The first kappa shape index (κ1) is 16.8. The minimum absolute atomic E-state index is 0.126. The molecule has 0 atom stereocenters. The van der Waals surface area contributed by atoms with Gasteiger partial charge in [0.15, 0.2) is 0 Å². The maximum Gasteiger partial charge on any atom is 0.337 e. The standard InChI is InChI=1S/C14H15ClN4O4/c1-9-16-3-5-18(9)6-4-17-12-8-10(14(20)23-2)7-11(15)13(12)19(21)22/h3,5,7-8,17H,4,6H2,1-2H3. The number of aromatic nitrogens is 2. The van der Waals surface area contributed by atoms with Crippen molar-refractivity contribution in [2.24, 2.45) is 0 Å². The molecule has 2 rings (SSSR count). The maximum absolute atomic E-state index is 11.6. The number of nitro groups is 1. The minimum Gasteiger partial charge on any atom is -0.465 e. The zero-order valence-corrected chi connectivity index (χ0v) is 13.3. The molecule has 0 fully saturated rings. The second-order valence-corrected chi connectivity index (χ2v) is 5.10. The fourth-order valence-corrected chi connectivity index (χ4v) is 2.39. The number of esters is 1. The van der Waals surface area contributed by atoms with Crippen molar-refractivity contribution < 1.29 is 14.5 Å². The minimum atomic E-state index is -0.615. The number of nitrogens with one attached hydrogen (secondary N) is 1. The number of nitrogens with zero attached hydrogens (tertiary/aromatic N) is 3. The highest BCUT2D eigenvalue weighted by Crippen LogP contribution is 2.34. The molecule has 0 radical (unpaired) electrons. The van der Waals surface area contributed by atoms with E-state index >= 15 is 0 Å². The van der Waals surface area contributed by atoms with Crippen LogP contribution in [-0.2, 0) is 11.3 Å². The molecule has 0 unspecified atom stereocenters. The highest BCUT2D eigenvalue weighted by atomic mass is 35.5. The Morgan fingerprint density at radius 1 is 1.52 bits per heavy atom. The molecule has 0 spiro atoms. The average Bonchev–Trinajstić information content (AvgIpc) is 2.91. The van der Waals surface area contributed by atoms with Gasteiger partial charge in [-0.15, -0.1) is 0 Å². The van der Waals surface area contributed by atoms with Gasteiger partial charge in [-0.25, -0.2) is 9.78 Å². The van der Waals surface area contributed by atoms with Gasteiger partial charge in [0.25, 0.3) is 0 Å². The number of methoxy groups -OCH3 is 1. The number of hydrogen-bond acceptors (Lipinski definition) is 6. The van der Waals surface area contributed by atoms with Gasteiger partial charge in [0.2, 0.25) is 0 Å². The summed E-state index contributed by atoms with van der Waals surface area (Å²) in [5, 5.41) is 14.0. The van der Waals surface area contributed by atoms with Crippen LogP contribution in [0.4, 0.5) is 11.4 Å². The predicted molar refractivity (Wildman–Crippen MR) is 84.9 cm³/mol. The van der Waals surface area contributed by atoms with Gasteiger partial charge in [-0.2, -0.15) is 0 Å². The Labute approximate surface area is 137 Å². The van der Waals surface area contributed by atoms with Crippen molar-refractivity contribution in [3.8, 4) is 0 Å². The lowest BCUT2D eigenvalue weighted by molar-refractivity contribution is -0.383. The van der Waals surface area contributed by atoms with Crippen molar-refractivity contribution in [2.45, 2.75) is 13.5 Å². The molecule has 1 aromatic carbocycles. The van der Waals surface area contributed by atoms with Crippen molar-refractivity contribution in [1.82, 2.24) is 9.55 Å². The molecule has 1 aromatic heterocycles. The Bertz CT molecular complexity index is 744. The zero-order valence-electron chi connectivity index (χ0n) is 12.6. The largest absolute Gasteiger partial charge is 0.465 e. The van der Waals surface area contributed by atoms with Crippen LogP contribution in [-0.4, -0.2) is 34.1 Å². The number of benzene rings is 1. The quantitative estimate of drug-likeness (QED) is 0.494. The van der Waals surface area contributed by atoms with Crippen LogP contribution in [0.2, 0.25) is 5.02 Å². The first-order valence-corrected chi connectivity index (χ1v) is 7.09. The second-order valence-electron chi connectivity index (χ2n) is 4.70. The molecule has 0 saturated heterocycles. The average molecular weight is 339 g/mol. The smallest absolute Gasteiger partial charge is 0.337 e. The Kier molecular flexibility index (Phi) is 5.17. The van der Waals surface area contributed by atoms with E-state index in [1.165, 1.54) is 19.2 Å². The zero-order chi connectivity index (χ0) is 17.0. The number of carbonyl (C=O) groups is 1. The molecule has 2 aromatic rings. The third kappa shape index (κ3) is 3.78. The van der Waals surface area contributed by atoms with Gasteiger partial charge >= 0.3 is 11.7 Å². The summed E-state index contributed by atoms with van der Waals surface area (Å²) in [6.45, 7) is 2.82. The van der Waals surface area contributed by atoms with Crippen molar-refractivity contribution in [3.05, 3.63) is 51.1 Å². The van der Waals surface area contributed by atoms with Crippen molar-refractivity contribution in [3.63, 3.8) is 0 Å². The molecule has 122 valence electrons. The van der Waals surface area contributed by atoms with Crippen LogP contribution >= 0.6 is 11.6 Å². The normalized spacial score (nSPS) is 10.4. The summed E-state index contributed by atoms with van der Waals surface area (Å²) in [5.41, 5.74) is 0.0340. The molecule has 0 aliphatic carbocycles. The lowest BCUT2D eigenvalue weighted by Gasteiger charge is -2.11. The maximum atomic E-state index is 11.6. The number of ether oxygens (including phenoxy) is 1. The molecule has 0 aliphatic heterocycles. The van der Waals surface area contributed by atoms with Gasteiger partial charge in [0.05, 0.1) is 17.6 Å². The fourth-order valence-electron chi connectivity index (χ4n) is 2.11. The second kappa shape index (κ2) is 7.10. The Morgan fingerprint density at radius 3 is 2.83 bits per heavy atom. The SMILES string of the molecule is COC(=O)c1cc(Cl)c([N+](=O)[O-])c(NCCn2ccnc2C)c1. The van der Waals surface area contributed by atoms with Crippen molar-refractivity contribution in [2.75, 3.05) is 19.0 Å². The van der Waals surface area contributed by atoms with E-state index in [0.29, 0.717) is 13.1 Å². The van der Waals surface area contributed by atoms with Crippen LogP contribution in [0.15, 0.2) is 24.5 Å². The van der Waals surface area contributed by atoms with E-state index in [1.54, 1.807) is 6.20 Å². The third-order valence-corrected chi connectivity index (χ3v) is 3.55. The molecule has 8 nitrogen and oxygen atoms in total. The number of rotatable bonds is 6. The number of carbonyl (C=O) groups excluding carboxylic acids is 1. The molecule has 0 amide bonds. The molecular formula is C14H15ClN4O4. The Balaban J connectivity index is 2.24. The number of nitro benzene ring substituents is 1. The molecule has 9 heteroatoms. The van der Waals surface area contributed by atoms with Crippen LogP contribution in [0.5, 0.6) is 0 Å². The predicted octanol–water partition coefficient (Wildman–Crippen LogP) is 2.65. The summed E-state index contributed by atoms with van der Waals surface area (Å²) >= 11 is 5.93. The van der Waals surface area contributed by atoms with Crippen LogP contribution < -0.4 is 5.32 Å². The number of hydrogen-bond donors (Lipinski definition) is 1. The lowest BCUT2D eigenvalue weighted by Crippen LogP contribution is -2.13. The topological polar surface area (TPSA) is 99.3 Å². The van der Waals surface area contributed by atoms with Crippen LogP contribution in [0.3, 0.4) is 0 Å². The van der Waals surface area contributed by atoms with Gasteiger partial charge < -0.3 is 14.6 Å². The van der Waals surface area contributed by atoms with Crippen LogP contribution in [0.25, 0.3) is 0 Å². The number of halogens is 1. The third-order valence-electron chi connectivity index (χ3n) is 3.26. The summed E-state index contributed by atoms with van der Waals surface area (Å²) in [5.74, 6) is 0.220. The molecular weight excluding hydrogens is 324 g/mol. The van der Waals surface area contributed by atoms with E-state index in [0.717, 1.165) is 5.82 Å². The summed E-state index contributed by atoms with van der Waals surface area (Å²) in [4.78, 5) is 26.3. The Hall–Kier alpha value is -2.61. The highest BCUT2D eigenvalue weighted by molar-refractivity contribution is 6.33. The van der Waals surface area contributed by atoms with Gasteiger partial charge in [-0.3, -0.25) is 10.1 Å². The molecule has 0 aliphatic rings. The molecule has 23 heavy (non-hydrogen) atoms. The lowest BCUT2D eigenvalue weighted by atomic mass is 10.1. The van der Waals surface area contributed by atoms with E-state index in [4.69, 9.17) is 11.6 Å². The number of aryl methyl sites for hydroxylation is 1. The monoisotopic (exact) mass is 338 g/mol. The first-order valence-electron chi connectivity index (χ1n) is 6.72. The van der Waals surface area contributed by atoms with Gasteiger partial charge in [-0.05, 0) is 19.1 Å². The van der Waals surface area contributed by atoms with Crippen molar-refractivity contribution >= 4 is 28.9 Å². The first-order chi connectivity index (χ1) is 10.9. The van der Waals surface area contributed by atoms with Crippen LogP contribution in [0.1, 0.15) is 16.2 Å². The summed E-state index contributed by atoms with van der Waals surface area (Å²) in [7, 11) is 1.23. The summed E-state index contributed by atoms with van der Waals surface area (Å²) in [6, 6.07) is 2.58. The summed E-state index contributed by atoms with van der Waals surface area (Å²) < 4.78 is 6.51. The van der Waals surface area contributed by atoms with Crippen LogP contribution in [0, 0.1) is 17.0 Å². The van der Waals surface area contributed by atoms with Gasteiger partial charge in [-0.1, -0.05) is 11.6 Å². The summed E-state index contributed by atoms with van der Waals surface area (Å²) in [6.07, 6.45) is 3.48. The van der Waals surface area contributed by atoms with E-state index in [1.807, 2.05) is 17.7 Å². The van der Waals surface area contributed by atoms with Gasteiger partial charge in [0, 0.05) is 25.5 Å². The van der Waals surface area contributed by atoms with E-state index in [9.17, 15) is 14.9 Å². The number of anilines is 1. The molecule has 1 N–H and O–H groups in total. The Morgan fingerprint density at radius 2 is 2.26 bits per heavy atom. The highest BCUT2D eigenvalue weighted by Gasteiger charge is 2.22. The number of imidazole rings is 1. The fraction of sp³-hybridized carbons (Fsp3) is 0.286. The van der Waals surface area contributed by atoms with Gasteiger partial charge in [0.1, 0.15) is 16.5 Å².